The highest BCUT2D eigenvalue weighted by molar-refractivity contribution is 5.37. The Balaban J connectivity index is 2.52. The van der Waals surface area contributed by atoms with Crippen molar-refractivity contribution < 1.29 is 10.2 Å². The number of aliphatic hydroxyl groups excluding tert-OH is 2. The molecule has 0 bridgehead atoms. The Morgan fingerprint density at radius 3 is 2.86 bits per heavy atom. The summed E-state index contributed by atoms with van der Waals surface area (Å²) in [6.07, 6.45) is 1.24. The van der Waals surface area contributed by atoms with E-state index in [9.17, 15) is 10.2 Å². The minimum atomic E-state index is -0.356. The highest BCUT2D eigenvalue weighted by Gasteiger charge is 2.34. The van der Waals surface area contributed by atoms with Gasteiger partial charge in [0.2, 0.25) is 0 Å². The molecule has 2 N–H and O–H groups in total. The normalized spacial score (nSPS) is 31.2. The second-order valence-corrected chi connectivity index (χ2v) is 4.36. The zero-order valence-corrected chi connectivity index (χ0v) is 8.40. The van der Waals surface area contributed by atoms with Crippen molar-refractivity contribution in [3.8, 4) is 0 Å². The number of hydrogen-bond acceptors (Lipinski definition) is 2. The molecule has 2 heteroatoms. The van der Waals surface area contributed by atoms with Crippen LogP contribution >= 0.6 is 0 Å². The maximum Gasteiger partial charge on any atom is 0.0793 e. The van der Waals surface area contributed by atoms with Gasteiger partial charge in [0.1, 0.15) is 0 Å². The Morgan fingerprint density at radius 2 is 2.14 bits per heavy atom. The van der Waals surface area contributed by atoms with Gasteiger partial charge in [0.25, 0.3) is 0 Å². The van der Waals surface area contributed by atoms with E-state index >= 15 is 0 Å². The highest BCUT2D eigenvalue weighted by atomic mass is 16.3. The van der Waals surface area contributed by atoms with Crippen molar-refractivity contribution in [2.24, 2.45) is 0 Å². The van der Waals surface area contributed by atoms with Crippen molar-refractivity contribution in [1.29, 1.82) is 0 Å². The molecule has 2 atom stereocenters. The van der Waals surface area contributed by atoms with Gasteiger partial charge < -0.3 is 10.2 Å². The molecule has 1 aromatic rings. The van der Waals surface area contributed by atoms with Gasteiger partial charge in [0.05, 0.1) is 12.7 Å². The first-order valence-corrected chi connectivity index (χ1v) is 5.06. The summed E-state index contributed by atoms with van der Waals surface area (Å²) in [4.78, 5) is 0. The predicted molar refractivity (Wildman–Crippen MR) is 55.1 cm³/mol. The van der Waals surface area contributed by atoms with Gasteiger partial charge in [0.15, 0.2) is 0 Å². The van der Waals surface area contributed by atoms with Crippen LogP contribution in [0.15, 0.2) is 24.3 Å². The summed E-state index contributed by atoms with van der Waals surface area (Å²) in [6.45, 7) is 2.20. The van der Waals surface area contributed by atoms with Gasteiger partial charge in [-0.2, -0.15) is 0 Å². The molecule has 2 nitrogen and oxygen atoms in total. The second kappa shape index (κ2) is 3.37. The molecule has 1 aliphatic carbocycles. The summed E-state index contributed by atoms with van der Waals surface area (Å²) >= 11 is 0. The quantitative estimate of drug-likeness (QED) is 0.712. The minimum Gasteiger partial charge on any atom is -0.395 e. The molecule has 0 aromatic heterocycles. The van der Waals surface area contributed by atoms with Crippen molar-refractivity contribution in [2.45, 2.75) is 31.3 Å². The van der Waals surface area contributed by atoms with Gasteiger partial charge in [-0.3, -0.25) is 0 Å². The minimum absolute atomic E-state index is 0.150. The van der Waals surface area contributed by atoms with Crippen LogP contribution in [0.25, 0.3) is 0 Å². The second-order valence-electron chi connectivity index (χ2n) is 4.36. The molecule has 14 heavy (non-hydrogen) atoms. The molecule has 0 aliphatic heterocycles. The Kier molecular flexibility index (Phi) is 2.33. The van der Waals surface area contributed by atoms with Crippen molar-refractivity contribution in [3.63, 3.8) is 0 Å². The molecule has 0 radical (unpaired) electrons. The van der Waals surface area contributed by atoms with E-state index < -0.39 is 0 Å². The lowest BCUT2D eigenvalue weighted by molar-refractivity contribution is 0.112. The van der Waals surface area contributed by atoms with Gasteiger partial charge in [-0.25, -0.2) is 0 Å². The van der Waals surface area contributed by atoms with E-state index in [-0.39, 0.29) is 18.1 Å². The van der Waals surface area contributed by atoms with Gasteiger partial charge in [-0.1, -0.05) is 31.2 Å². The smallest absolute Gasteiger partial charge is 0.0793 e. The van der Waals surface area contributed by atoms with Gasteiger partial charge in [0, 0.05) is 5.41 Å². The van der Waals surface area contributed by atoms with Crippen molar-refractivity contribution in [1.82, 2.24) is 0 Å². The Bertz CT molecular complexity index is 335. The summed E-state index contributed by atoms with van der Waals surface area (Å²) < 4.78 is 0. The van der Waals surface area contributed by atoms with E-state index in [4.69, 9.17) is 0 Å². The van der Waals surface area contributed by atoms with E-state index in [2.05, 4.69) is 6.92 Å². The van der Waals surface area contributed by atoms with Crippen LogP contribution in [0.2, 0.25) is 0 Å². The third-order valence-corrected chi connectivity index (χ3v) is 3.29. The Morgan fingerprint density at radius 1 is 1.43 bits per heavy atom. The number of benzene rings is 1. The molecule has 0 amide bonds. The Labute approximate surface area is 84.2 Å². The van der Waals surface area contributed by atoms with Gasteiger partial charge in [-0.05, 0) is 24.0 Å². The number of rotatable bonds is 1. The summed E-state index contributed by atoms with van der Waals surface area (Å²) in [5.41, 5.74) is 1.91. The molecule has 0 fully saturated rings. The summed E-state index contributed by atoms with van der Waals surface area (Å²) in [5.74, 6) is 0. The van der Waals surface area contributed by atoms with Crippen LogP contribution in [-0.2, 0) is 5.41 Å². The van der Waals surface area contributed by atoms with Crippen LogP contribution in [0.1, 0.15) is 37.0 Å². The van der Waals surface area contributed by atoms with E-state index in [1.807, 2.05) is 24.3 Å². The monoisotopic (exact) mass is 192 g/mol. The van der Waals surface area contributed by atoms with Gasteiger partial charge in [-0.15, -0.1) is 0 Å². The molecule has 1 aromatic carbocycles. The molecule has 0 saturated carbocycles. The van der Waals surface area contributed by atoms with Crippen molar-refractivity contribution >= 4 is 0 Å². The fourth-order valence-electron chi connectivity index (χ4n) is 2.25. The van der Waals surface area contributed by atoms with Crippen LogP contribution in [0.5, 0.6) is 0 Å². The predicted octanol–water partition coefficient (Wildman–Crippen LogP) is 1.76. The Hall–Kier alpha value is -0.860. The lowest BCUT2D eigenvalue weighted by Crippen LogP contribution is -2.32. The number of aliphatic hydroxyl groups is 2. The first-order valence-electron chi connectivity index (χ1n) is 5.06. The van der Waals surface area contributed by atoms with E-state index in [1.54, 1.807) is 0 Å². The number of fused-ring (bicyclic) bond motifs is 1. The summed E-state index contributed by atoms with van der Waals surface area (Å²) in [7, 11) is 0. The lowest BCUT2D eigenvalue weighted by atomic mass is 9.71. The SMILES string of the molecule is CC1(CO)CCC(O)c2ccccc21. The molecule has 0 spiro atoms. The van der Waals surface area contributed by atoms with E-state index in [0.717, 1.165) is 24.0 Å². The zero-order valence-electron chi connectivity index (χ0n) is 8.40. The average molecular weight is 192 g/mol. The summed E-state index contributed by atoms with van der Waals surface area (Å²) in [6, 6.07) is 7.86. The van der Waals surface area contributed by atoms with Crippen LogP contribution in [0.3, 0.4) is 0 Å². The van der Waals surface area contributed by atoms with E-state index in [0.29, 0.717) is 0 Å². The summed E-state index contributed by atoms with van der Waals surface area (Å²) in [5, 5.41) is 19.2. The largest absolute Gasteiger partial charge is 0.395 e. The van der Waals surface area contributed by atoms with Crippen molar-refractivity contribution in [3.05, 3.63) is 35.4 Å². The first kappa shape index (κ1) is 9.69. The third kappa shape index (κ3) is 1.35. The molecular weight excluding hydrogens is 176 g/mol. The van der Waals surface area contributed by atoms with Gasteiger partial charge >= 0.3 is 0 Å². The van der Waals surface area contributed by atoms with Crippen LogP contribution in [0, 0.1) is 0 Å². The van der Waals surface area contributed by atoms with Crippen LogP contribution in [0.4, 0.5) is 0 Å². The molecule has 0 heterocycles. The molecular formula is C12H16O2. The van der Waals surface area contributed by atoms with E-state index in [1.165, 1.54) is 0 Å². The third-order valence-electron chi connectivity index (χ3n) is 3.29. The van der Waals surface area contributed by atoms with Crippen LogP contribution in [-0.4, -0.2) is 16.8 Å². The molecule has 2 rings (SSSR count). The first-order chi connectivity index (χ1) is 6.67. The topological polar surface area (TPSA) is 40.5 Å². The molecule has 0 saturated heterocycles. The molecule has 76 valence electrons. The fourth-order valence-corrected chi connectivity index (χ4v) is 2.25. The maximum atomic E-state index is 9.81. The highest BCUT2D eigenvalue weighted by Crippen LogP contribution is 2.41. The molecule has 1 aliphatic rings. The zero-order chi connectivity index (χ0) is 10.2. The lowest BCUT2D eigenvalue weighted by Gasteiger charge is -2.36. The maximum absolute atomic E-state index is 9.81. The van der Waals surface area contributed by atoms with Crippen molar-refractivity contribution in [2.75, 3.05) is 6.61 Å². The number of hydrogen-bond donors (Lipinski definition) is 2. The van der Waals surface area contributed by atoms with Crippen LogP contribution < -0.4 is 0 Å². The fraction of sp³-hybridized carbons (Fsp3) is 0.500. The average Bonchev–Trinajstić information content (AvgIpc) is 2.24. The standard InChI is InChI=1S/C12H16O2/c1-12(8-13)7-6-11(14)9-4-2-3-5-10(9)12/h2-5,11,13-14H,6-8H2,1H3. The molecule has 2 unspecified atom stereocenters.